The van der Waals surface area contributed by atoms with Gasteiger partial charge in [0.1, 0.15) is 11.3 Å². The molecule has 13 nitrogen and oxygen atoms in total. The van der Waals surface area contributed by atoms with E-state index in [1.54, 1.807) is 40.2 Å². The number of ether oxygens (including phenoxy) is 2. The molecule has 0 aliphatic carbocycles. The lowest BCUT2D eigenvalue weighted by Crippen LogP contribution is -2.42. The van der Waals surface area contributed by atoms with E-state index in [4.69, 9.17) is 20.6 Å². The number of nitrogens with two attached hydrogens (primary N) is 1. The smallest absolute Gasteiger partial charge is 0.410 e. The van der Waals surface area contributed by atoms with Crippen molar-refractivity contribution in [3.63, 3.8) is 0 Å². The van der Waals surface area contributed by atoms with Gasteiger partial charge in [0.25, 0.3) is 5.91 Å². The molecule has 1 saturated heterocycles. The molecule has 0 atom stereocenters. The second-order valence-corrected chi connectivity index (χ2v) is 11.4. The van der Waals surface area contributed by atoms with Crippen LogP contribution in [-0.2, 0) is 9.47 Å². The van der Waals surface area contributed by atoms with E-state index in [1.165, 1.54) is 13.3 Å². The van der Waals surface area contributed by atoms with E-state index in [1.807, 2.05) is 20.8 Å². The first-order chi connectivity index (χ1) is 20.5. The second kappa shape index (κ2) is 15.7. The average molecular weight is 597 g/mol. The molecular weight excluding hydrogens is 552 g/mol. The van der Waals surface area contributed by atoms with Crippen molar-refractivity contribution in [1.29, 1.82) is 5.41 Å². The number of rotatable bonds is 13. The van der Waals surface area contributed by atoms with Crippen molar-refractivity contribution in [1.82, 2.24) is 30.3 Å². The molecule has 1 aliphatic heterocycles. The number of esters is 1. The molecule has 13 heteroatoms. The maximum atomic E-state index is 12.7. The third-order valence-corrected chi connectivity index (χ3v) is 6.85. The lowest BCUT2D eigenvalue weighted by Gasteiger charge is -2.33. The zero-order valence-electron chi connectivity index (χ0n) is 25.5. The van der Waals surface area contributed by atoms with Crippen LogP contribution in [0.4, 0.5) is 10.5 Å². The van der Waals surface area contributed by atoms with Crippen LogP contribution in [0.15, 0.2) is 30.6 Å². The van der Waals surface area contributed by atoms with Gasteiger partial charge in [0.05, 0.1) is 24.5 Å². The standard InChI is InChI=1S/C30H44N8O5/c1-30(2,3)43-29(41)37-16-12-22(13-17-37)38-20-23(32)26(36-38)27(39)34-15-8-6-5-7-14-33-19-21(18-31)24-10-9-11-25(35-24)28(40)42-4/h9-11,18-20,22,31,33H,5-8,12-17,32H2,1-4H3,(H,34,39)/b21-19+,31-18?. The van der Waals surface area contributed by atoms with Gasteiger partial charge in [0.15, 0.2) is 5.69 Å². The number of nitrogens with one attached hydrogen (secondary N) is 3. The van der Waals surface area contributed by atoms with Gasteiger partial charge in [-0.15, -0.1) is 0 Å². The molecule has 0 unspecified atom stereocenters. The average Bonchev–Trinajstić information content (AvgIpc) is 3.38. The van der Waals surface area contributed by atoms with Gasteiger partial charge in [-0.2, -0.15) is 5.10 Å². The number of hydrogen-bond donors (Lipinski definition) is 4. The Morgan fingerprint density at radius 1 is 1.09 bits per heavy atom. The van der Waals surface area contributed by atoms with Crippen molar-refractivity contribution < 1.29 is 23.9 Å². The summed E-state index contributed by atoms with van der Waals surface area (Å²) in [5.74, 6) is -0.819. The molecular formula is C30H44N8O5. The van der Waals surface area contributed by atoms with Gasteiger partial charge in [-0.1, -0.05) is 18.9 Å². The van der Waals surface area contributed by atoms with Crippen LogP contribution in [0.1, 0.15) is 92.0 Å². The van der Waals surface area contributed by atoms with Crippen molar-refractivity contribution >= 4 is 35.4 Å². The normalized spacial score (nSPS) is 14.2. The molecule has 2 aromatic rings. The molecule has 1 aliphatic rings. The Balaban J connectivity index is 1.33. The molecule has 0 radical (unpaired) electrons. The second-order valence-electron chi connectivity index (χ2n) is 11.4. The van der Waals surface area contributed by atoms with Crippen LogP contribution in [0.2, 0.25) is 0 Å². The number of methoxy groups -OCH3 is 1. The van der Waals surface area contributed by atoms with Crippen LogP contribution in [0.25, 0.3) is 5.57 Å². The lowest BCUT2D eigenvalue weighted by molar-refractivity contribution is 0.0184. The highest BCUT2D eigenvalue weighted by Crippen LogP contribution is 2.25. The number of unbranched alkanes of at least 4 members (excludes halogenated alkanes) is 3. The number of carbonyl (C=O) groups excluding carboxylic acids is 3. The van der Waals surface area contributed by atoms with Crippen LogP contribution in [-0.4, -0.2) is 82.7 Å². The van der Waals surface area contributed by atoms with Gasteiger partial charge < -0.3 is 36.2 Å². The lowest BCUT2D eigenvalue weighted by atomic mass is 10.1. The van der Waals surface area contributed by atoms with Crippen molar-refractivity contribution in [3.05, 3.63) is 47.7 Å². The first kappa shape index (κ1) is 33.1. The molecule has 0 aromatic carbocycles. The molecule has 2 aromatic heterocycles. The van der Waals surface area contributed by atoms with Gasteiger partial charge in [0, 0.05) is 50.4 Å². The Labute approximate surface area is 252 Å². The zero-order chi connectivity index (χ0) is 31.4. The van der Waals surface area contributed by atoms with E-state index in [0.717, 1.165) is 25.7 Å². The Morgan fingerprint density at radius 2 is 1.77 bits per heavy atom. The SMILES string of the molecule is COC(=O)c1cccc(/C(C=N)=C/NCCCCCCNC(=O)c2nn(C3CCN(C(=O)OC(C)(C)C)CC3)cc2N)n1. The summed E-state index contributed by atoms with van der Waals surface area (Å²) in [5, 5.41) is 18.2. The highest BCUT2D eigenvalue weighted by molar-refractivity contribution is 6.07. The van der Waals surface area contributed by atoms with E-state index >= 15 is 0 Å². The molecule has 3 rings (SSSR count). The van der Waals surface area contributed by atoms with Crippen LogP contribution in [0, 0.1) is 5.41 Å². The summed E-state index contributed by atoms with van der Waals surface area (Å²) in [6.45, 7) is 7.89. The quantitative estimate of drug-likeness (QED) is 0.152. The highest BCUT2D eigenvalue weighted by Gasteiger charge is 2.28. The highest BCUT2D eigenvalue weighted by atomic mass is 16.6. The fourth-order valence-corrected chi connectivity index (χ4v) is 4.59. The number of allylic oxidation sites excluding steroid dienone is 1. The largest absolute Gasteiger partial charge is 0.464 e. The van der Waals surface area contributed by atoms with E-state index < -0.39 is 11.6 Å². The molecule has 5 N–H and O–H groups in total. The van der Waals surface area contributed by atoms with Crippen molar-refractivity contribution in [3.8, 4) is 0 Å². The number of carbonyl (C=O) groups is 3. The number of piperidine rings is 1. The fourth-order valence-electron chi connectivity index (χ4n) is 4.59. The molecule has 43 heavy (non-hydrogen) atoms. The molecule has 2 amide bonds. The first-order valence-corrected chi connectivity index (χ1v) is 14.6. The summed E-state index contributed by atoms with van der Waals surface area (Å²) in [4.78, 5) is 42.7. The first-order valence-electron chi connectivity index (χ1n) is 14.6. The molecule has 234 valence electrons. The van der Waals surface area contributed by atoms with Gasteiger partial charge in [-0.3, -0.25) is 9.48 Å². The Bertz CT molecular complexity index is 1290. The number of aromatic nitrogens is 3. The Kier molecular flexibility index (Phi) is 12.1. The number of likely N-dealkylation sites (tertiary alicyclic amines) is 1. The molecule has 1 fully saturated rings. The topological polar surface area (TPSA) is 178 Å². The minimum Gasteiger partial charge on any atom is -0.464 e. The molecule has 0 spiro atoms. The fraction of sp³-hybridized carbons (Fsp3) is 0.533. The third-order valence-electron chi connectivity index (χ3n) is 6.85. The maximum Gasteiger partial charge on any atom is 0.410 e. The third kappa shape index (κ3) is 10.1. The molecule has 3 heterocycles. The summed E-state index contributed by atoms with van der Waals surface area (Å²) in [6.07, 6.45) is 9.32. The van der Waals surface area contributed by atoms with E-state index in [9.17, 15) is 14.4 Å². The number of nitrogens with zero attached hydrogens (tertiary/aromatic N) is 4. The predicted molar refractivity (Wildman–Crippen MR) is 164 cm³/mol. The molecule has 0 saturated carbocycles. The van der Waals surface area contributed by atoms with Crippen molar-refractivity contribution in [2.75, 3.05) is 39.0 Å². The van der Waals surface area contributed by atoms with Crippen LogP contribution >= 0.6 is 0 Å². The van der Waals surface area contributed by atoms with Gasteiger partial charge in [0.2, 0.25) is 0 Å². The summed E-state index contributed by atoms with van der Waals surface area (Å²) in [6, 6.07) is 5.05. The number of nitrogen functional groups attached to an aromatic ring is 1. The summed E-state index contributed by atoms with van der Waals surface area (Å²) >= 11 is 0. The van der Waals surface area contributed by atoms with Crippen molar-refractivity contribution in [2.24, 2.45) is 0 Å². The Morgan fingerprint density at radius 3 is 2.42 bits per heavy atom. The van der Waals surface area contributed by atoms with Gasteiger partial charge in [-0.25, -0.2) is 14.6 Å². The van der Waals surface area contributed by atoms with Crippen LogP contribution in [0.3, 0.4) is 0 Å². The predicted octanol–water partition coefficient (Wildman–Crippen LogP) is 3.79. The number of pyridine rings is 1. The zero-order valence-corrected chi connectivity index (χ0v) is 25.5. The monoisotopic (exact) mass is 596 g/mol. The van der Waals surface area contributed by atoms with E-state index in [2.05, 4.69) is 20.7 Å². The van der Waals surface area contributed by atoms with Crippen LogP contribution in [0.5, 0.6) is 0 Å². The summed E-state index contributed by atoms with van der Waals surface area (Å²) in [5.41, 5.74) is 7.39. The summed E-state index contributed by atoms with van der Waals surface area (Å²) < 4.78 is 11.9. The van der Waals surface area contributed by atoms with Crippen molar-refractivity contribution in [2.45, 2.75) is 70.9 Å². The number of hydrogen-bond acceptors (Lipinski definition) is 10. The minimum absolute atomic E-state index is 0.0577. The Hall–Kier alpha value is -4.42. The number of amides is 2. The minimum atomic E-state index is -0.533. The van der Waals surface area contributed by atoms with Crippen LogP contribution < -0.4 is 16.4 Å². The molecule has 0 bridgehead atoms. The van der Waals surface area contributed by atoms with E-state index in [0.29, 0.717) is 56.0 Å². The van der Waals surface area contributed by atoms with Gasteiger partial charge >= 0.3 is 12.1 Å². The number of anilines is 1. The maximum absolute atomic E-state index is 12.7. The summed E-state index contributed by atoms with van der Waals surface area (Å²) in [7, 11) is 1.30. The van der Waals surface area contributed by atoms with E-state index in [-0.39, 0.29) is 29.4 Å². The van der Waals surface area contributed by atoms with Gasteiger partial charge in [-0.05, 0) is 58.6 Å².